The molecule has 0 N–H and O–H groups in total. The lowest BCUT2D eigenvalue weighted by molar-refractivity contribution is 0.0980. The van der Waals surface area contributed by atoms with E-state index in [1.807, 2.05) is 52.8 Å². The van der Waals surface area contributed by atoms with Gasteiger partial charge in [0.15, 0.2) is 0 Å². The van der Waals surface area contributed by atoms with Crippen LogP contribution in [-0.4, -0.2) is 44.4 Å². The number of hydrogen-bond donors (Lipinski definition) is 0. The molecule has 1 atom stereocenters. The predicted octanol–water partition coefficient (Wildman–Crippen LogP) is 4.93. The van der Waals surface area contributed by atoms with Gasteiger partial charge in [-0.3, -0.25) is 4.79 Å². The van der Waals surface area contributed by atoms with Gasteiger partial charge >= 0.3 is 0 Å². The van der Waals surface area contributed by atoms with Crippen LogP contribution in [0.25, 0.3) is 0 Å². The summed E-state index contributed by atoms with van der Waals surface area (Å²) >= 11 is 0. The average Bonchev–Trinajstić information content (AvgIpc) is 2.75. The zero-order chi connectivity index (χ0) is 23.6. The second-order valence-corrected chi connectivity index (χ2v) is 10.7. The van der Waals surface area contributed by atoms with E-state index in [1.54, 1.807) is 17.0 Å². The molecule has 7 heteroatoms. The minimum absolute atomic E-state index is 0.0456. The van der Waals surface area contributed by atoms with Crippen LogP contribution < -0.4 is 9.64 Å². The van der Waals surface area contributed by atoms with E-state index in [4.69, 9.17) is 4.74 Å². The van der Waals surface area contributed by atoms with Crippen molar-refractivity contribution in [2.45, 2.75) is 70.9 Å². The number of hydrogen-bond acceptors (Lipinski definition) is 4. The molecule has 2 aromatic rings. The van der Waals surface area contributed by atoms with Crippen molar-refractivity contribution >= 4 is 21.6 Å². The molecule has 174 valence electrons. The molecule has 1 saturated heterocycles. The van der Waals surface area contributed by atoms with Gasteiger partial charge in [0.1, 0.15) is 10.6 Å². The Hall–Kier alpha value is -2.38. The highest BCUT2D eigenvalue weighted by atomic mass is 32.2. The Morgan fingerprint density at radius 1 is 1.12 bits per heavy atom. The first-order chi connectivity index (χ1) is 15.1. The highest BCUT2D eigenvalue weighted by molar-refractivity contribution is 7.89. The van der Waals surface area contributed by atoms with Crippen molar-refractivity contribution in [2.24, 2.45) is 0 Å². The standard InChI is InChI=1S/C25H34N2O4S/c1-17(2)27(22-15-18(3)10-11-19(22)4)25(28)21-12-13-23(31-6)24(16-21)32(29,30)26-14-8-7-9-20(26)5/h10-13,15-17,20H,7-9,14H2,1-6H3. The van der Waals surface area contributed by atoms with Crippen LogP contribution in [0.3, 0.4) is 0 Å². The maximum Gasteiger partial charge on any atom is 0.258 e. The van der Waals surface area contributed by atoms with Crippen LogP contribution in [0.4, 0.5) is 5.69 Å². The van der Waals surface area contributed by atoms with Crippen molar-refractivity contribution in [2.75, 3.05) is 18.6 Å². The lowest BCUT2D eigenvalue weighted by atomic mass is 10.1. The monoisotopic (exact) mass is 458 g/mol. The number of ether oxygens (including phenoxy) is 1. The highest BCUT2D eigenvalue weighted by Gasteiger charge is 2.34. The SMILES string of the molecule is COc1ccc(C(=O)N(c2cc(C)ccc2C)C(C)C)cc1S(=O)(=O)N1CCCCC1C. The smallest absolute Gasteiger partial charge is 0.258 e. The lowest BCUT2D eigenvalue weighted by Crippen LogP contribution is -2.42. The number of piperidine rings is 1. The Kier molecular flexibility index (Phi) is 7.30. The molecule has 0 bridgehead atoms. The Morgan fingerprint density at radius 3 is 2.47 bits per heavy atom. The minimum Gasteiger partial charge on any atom is -0.495 e. The average molecular weight is 459 g/mol. The molecular weight excluding hydrogens is 424 g/mol. The third kappa shape index (κ3) is 4.69. The highest BCUT2D eigenvalue weighted by Crippen LogP contribution is 2.33. The Bertz CT molecular complexity index is 1100. The summed E-state index contributed by atoms with van der Waals surface area (Å²) in [5.74, 6) is 0.0154. The molecule has 0 radical (unpaired) electrons. The Labute approximate surface area is 192 Å². The summed E-state index contributed by atoms with van der Waals surface area (Å²) in [4.78, 5) is 15.4. The number of methoxy groups -OCH3 is 1. The molecule has 1 aliphatic heterocycles. The van der Waals surface area contributed by atoms with Crippen LogP contribution in [0.1, 0.15) is 61.5 Å². The second-order valence-electron chi connectivity index (χ2n) is 8.89. The Morgan fingerprint density at radius 2 is 1.84 bits per heavy atom. The number of carbonyl (C=O) groups is 1. The van der Waals surface area contributed by atoms with Crippen LogP contribution in [0, 0.1) is 13.8 Å². The lowest BCUT2D eigenvalue weighted by Gasteiger charge is -2.33. The normalized spacial score (nSPS) is 17.4. The molecule has 0 aliphatic carbocycles. The van der Waals surface area contributed by atoms with Crippen LogP contribution in [0.2, 0.25) is 0 Å². The van der Waals surface area contributed by atoms with Crippen molar-refractivity contribution in [1.82, 2.24) is 4.31 Å². The van der Waals surface area contributed by atoms with E-state index in [-0.39, 0.29) is 28.6 Å². The quantitative estimate of drug-likeness (QED) is 0.616. The fourth-order valence-electron chi connectivity index (χ4n) is 4.31. The number of aryl methyl sites for hydroxylation is 2. The van der Waals surface area contributed by atoms with E-state index in [1.165, 1.54) is 17.5 Å². The molecule has 0 spiro atoms. The molecule has 1 aliphatic rings. The van der Waals surface area contributed by atoms with E-state index in [9.17, 15) is 13.2 Å². The maximum absolute atomic E-state index is 13.6. The van der Waals surface area contributed by atoms with Crippen molar-refractivity contribution < 1.29 is 17.9 Å². The van der Waals surface area contributed by atoms with Gasteiger partial charge in [0, 0.05) is 29.9 Å². The predicted molar refractivity (Wildman–Crippen MR) is 128 cm³/mol. The van der Waals surface area contributed by atoms with E-state index in [2.05, 4.69) is 0 Å². The number of sulfonamides is 1. The topological polar surface area (TPSA) is 66.9 Å². The van der Waals surface area contributed by atoms with Gasteiger partial charge in [0.05, 0.1) is 7.11 Å². The first kappa shape index (κ1) is 24.3. The number of benzene rings is 2. The number of nitrogens with zero attached hydrogens (tertiary/aromatic N) is 2. The summed E-state index contributed by atoms with van der Waals surface area (Å²) in [6, 6.07) is 10.5. The van der Waals surface area contributed by atoms with Gasteiger partial charge in [-0.15, -0.1) is 0 Å². The first-order valence-corrected chi connectivity index (χ1v) is 12.6. The van der Waals surface area contributed by atoms with Gasteiger partial charge in [-0.2, -0.15) is 4.31 Å². The van der Waals surface area contributed by atoms with Crippen LogP contribution in [0.15, 0.2) is 41.3 Å². The zero-order valence-corrected chi connectivity index (χ0v) is 20.7. The molecule has 0 aromatic heterocycles. The minimum atomic E-state index is -3.80. The molecule has 1 fully saturated rings. The van der Waals surface area contributed by atoms with Gasteiger partial charge in [-0.25, -0.2) is 8.42 Å². The van der Waals surface area contributed by atoms with Gasteiger partial charge in [-0.1, -0.05) is 18.6 Å². The first-order valence-electron chi connectivity index (χ1n) is 11.2. The zero-order valence-electron chi connectivity index (χ0n) is 19.9. The molecular formula is C25H34N2O4S. The van der Waals surface area contributed by atoms with Crippen molar-refractivity contribution in [3.05, 3.63) is 53.1 Å². The van der Waals surface area contributed by atoms with Crippen molar-refractivity contribution in [3.8, 4) is 5.75 Å². The Balaban J connectivity index is 2.08. The van der Waals surface area contributed by atoms with Crippen LogP contribution >= 0.6 is 0 Å². The summed E-state index contributed by atoms with van der Waals surface area (Å²) in [5, 5.41) is 0. The molecule has 1 amide bonds. The molecule has 1 unspecified atom stereocenters. The molecule has 6 nitrogen and oxygen atoms in total. The number of carbonyl (C=O) groups excluding carboxylic acids is 1. The number of rotatable bonds is 6. The van der Waals surface area contributed by atoms with Crippen molar-refractivity contribution in [1.29, 1.82) is 0 Å². The van der Waals surface area contributed by atoms with Crippen LogP contribution in [-0.2, 0) is 10.0 Å². The van der Waals surface area contributed by atoms with Crippen LogP contribution in [0.5, 0.6) is 5.75 Å². The second kappa shape index (κ2) is 9.63. The van der Waals surface area contributed by atoms with E-state index in [0.29, 0.717) is 12.1 Å². The summed E-state index contributed by atoms with van der Waals surface area (Å²) in [5.41, 5.74) is 3.20. The number of anilines is 1. The third-order valence-electron chi connectivity index (χ3n) is 6.10. The largest absolute Gasteiger partial charge is 0.495 e. The summed E-state index contributed by atoms with van der Waals surface area (Å²) in [7, 11) is -2.35. The van der Waals surface area contributed by atoms with Crippen molar-refractivity contribution in [3.63, 3.8) is 0 Å². The van der Waals surface area contributed by atoms with E-state index >= 15 is 0 Å². The van der Waals surface area contributed by atoms with E-state index in [0.717, 1.165) is 36.1 Å². The molecule has 3 rings (SSSR count). The summed E-state index contributed by atoms with van der Waals surface area (Å²) in [6.07, 6.45) is 2.67. The van der Waals surface area contributed by atoms with Gasteiger partial charge < -0.3 is 9.64 Å². The fraction of sp³-hybridized carbons (Fsp3) is 0.480. The fourth-order valence-corrected chi connectivity index (χ4v) is 6.19. The molecule has 2 aromatic carbocycles. The van der Waals surface area contributed by atoms with Gasteiger partial charge in [0.2, 0.25) is 10.0 Å². The molecule has 0 saturated carbocycles. The molecule has 1 heterocycles. The van der Waals surface area contributed by atoms with Gasteiger partial charge in [0.25, 0.3) is 5.91 Å². The number of amides is 1. The maximum atomic E-state index is 13.6. The summed E-state index contributed by atoms with van der Waals surface area (Å²) < 4.78 is 34.0. The third-order valence-corrected chi connectivity index (χ3v) is 8.13. The summed E-state index contributed by atoms with van der Waals surface area (Å²) in [6.45, 7) is 10.3. The molecule has 32 heavy (non-hydrogen) atoms. The van der Waals surface area contributed by atoms with E-state index < -0.39 is 10.0 Å². The van der Waals surface area contributed by atoms with Gasteiger partial charge in [-0.05, 0) is 82.9 Å².